The Kier molecular flexibility index (Phi) is 6.13. The molecule has 0 saturated heterocycles. The van der Waals surface area contributed by atoms with Crippen molar-refractivity contribution in [2.75, 3.05) is 0 Å². The molecule has 0 aliphatic heterocycles. The minimum atomic E-state index is -1.87. The van der Waals surface area contributed by atoms with Gasteiger partial charge in [0.05, 0.1) is 5.56 Å². The van der Waals surface area contributed by atoms with E-state index in [0.717, 1.165) is 13.8 Å². The number of Topliss-reactive ketones (excluding diaryl/α,β-unsaturated/α-hetero) is 4. The topological polar surface area (TPSA) is 68.3 Å². The van der Waals surface area contributed by atoms with Gasteiger partial charge in [0.25, 0.3) is 0 Å². The second-order valence-electron chi connectivity index (χ2n) is 6.68. The zero-order chi connectivity index (χ0) is 20.5. The van der Waals surface area contributed by atoms with Crippen molar-refractivity contribution in [3.63, 3.8) is 0 Å². The summed E-state index contributed by atoms with van der Waals surface area (Å²) in [6, 6.07) is 0. The highest BCUT2D eigenvalue weighted by Crippen LogP contribution is 2.31. The van der Waals surface area contributed by atoms with Crippen LogP contribution in [0.15, 0.2) is 12.2 Å². The summed E-state index contributed by atoms with van der Waals surface area (Å²) in [5, 5.41) is 0. The molecule has 0 radical (unpaired) electrons. The molecule has 0 spiro atoms. The first-order valence-electron chi connectivity index (χ1n) is 8.53. The van der Waals surface area contributed by atoms with Crippen LogP contribution in [0, 0.1) is 30.3 Å². The Hall–Kier alpha value is -2.57. The van der Waals surface area contributed by atoms with Crippen LogP contribution in [0.1, 0.15) is 65.3 Å². The number of benzene rings is 1. The Morgan fingerprint density at radius 1 is 0.963 bits per heavy atom. The van der Waals surface area contributed by atoms with E-state index in [4.69, 9.17) is 0 Å². The second kappa shape index (κ2) is 7.98. The van der Waals surface area contributed by atoms with E-state index in [2.05, 4.69) is 6.58 Å². The molecule has 1 aromatic rings. The predicted molar refractivity (Wildman–Crippen MR) is 91.1 cm³/mol. The third kappa shape index (κ3) is 3.91. The van der Waals surface area contributed by atoms with Gasteiger partial charge in [-0.3, -0.25) is 19.2 Å². The first-order chi connectivity index (χ1) is 12.6. The maximum absolute atomic E-state index is 14.4. The van der Waals surface area contributed by atoms with Crippen molar-refractivity contribution in [3.05, 3.63) is 46.3 Å². The largest absolute Gasteiger partial charge is 0.300 e. The van der Waals surface area contributed by atoms with Crippen LogP contribution in [-0.4, -0.2) is 23.1 Å². The van der Waals surface area contributed by atoms with Gasteiger partial charge in [-0.05, 0) is 32.3 Å². The maximum Gasteiger partial charge on any atom is 0.195 e. The van der Waals surface area contributed by atoms with Crippen LogP contribution in [0.3, 0.4) is 0 Å². The molecule has 0 N–H and O–H groups in total. The van der Waals surface area contributed by atoms with E-state index < -0.39 is 51.6 Å². The minimum absolute atomic E-state index is 0.0297. The fourth-order valence-corrected chi connectivity index (χ4v) is 3.34. The van der Waals surface area contributed by atoms with Crippen LogP contribution in [-0.2, 0) is 9.59 Å². The number of ketones is 4. The second-order valence-corrected chi connectivity index (χ2v) is 6.68. The molecule has 1 aromatic carbocycles. The van der Waals surface area contributed by atoms with Crippen molar-refractivity contribution < 1.29 is 32.3 Å². The molecule has 0 amide bonds. The molecule has 1 atom stereocenters. The van der Waals surface area contributed by atoms with Crippen LogP contribution in [0.5, 0.6) is 0 Å². The number of carbonyl (C=O) groups is 4. The van der Waals surface area contributed by atoms with Gasteiger partial charge in [-0.2, -0.15) is 0 Å². The van der Waals surface area contributed by atoms with E-state index in [1.807, 2.05) is 0 Å². The lowest BCUT2D eigenvalue weighted by Crippen LogP contribution is -2.26. The minimum Gasteiger partial charge on any atom is -0.300 e. The fraction of sp³-hybridized carbons (Fsp3) is 0.400. The van der Waals surface area contributed by atoms with Crippen molar-refractivity contribution in [2.24, 2.45) is 5.92 Å². The highest BCUT2D eigenvalue weighted by atomic mass is 19.2. The van der Waals surface area contributed by atoms with E-state index in [9.17, 15) is 32.3 Å². The van der Waals surface area contributed by atoms with E-state index in [1.54, 1.807) is 0 Å². The third-order valence-electron chi connectivity index (χ3n) is 4.83. The van der Waals surface area contributed by atoms with Crippen molar-refractivity contribution in [1.82, 2.24) is 0 Å². The van der Waals surface area contributed by atoms with E-state index in [-0.39, 0.29) is 42.8 Å². The van der Waals surface area contributed by atoms with Crippen LogP contribution < -0.4 is 0 Å². The Labute approximate surface area is 154 Å². The molecule has 1 aliphatic carbocycles. The smallest absolute Gasteiger partial charge is 0.195 e. The number of allylic oxidation sites excluding steroid dienone is 1. The molecular weight excluding hydrogens is 361 g/mol. The number of hydrogen-bond donors (Lipinski definition) is 0. The summed E-state index contributed by atoms with van der Waals surface area (Å²) in [6.45, 7) is 5.61. The van der Waals surface area contributed by atoms with Gasteiger partial charge in [0.2, 0.25) is 0 Å². The van der Waals surface area contributed by atoms with Crippen molar-refractivity contribution in [3.8, 4) is 0 Å². The molecule has 1 saturated carbocycles. The number of hydrogen-bond acceptors (Lipinski definition) is 4. The van der Waals surface area contributed by atoms with Crippen LogP contribution >= 0.6 is 0 Å². The normalized spacial score (nSPS) is 18.0. The first-order valence-corrected chi connectivity index (χ1v) is 8.53. The predicted octanol–water partition coefficient (Wildman–Crippen LogP) is 4.07. The summed E-state index contributed by atoms with van der Waals surface area (Å²) in [4.78, 5) is 48.7. The van der Waals surface area contributed by atoms with Gasteiger partial charge in [-0.1, -0.05) is 6.58 Å². The van der Waals surface area contributed by atoms with Gasteiger partial charge < -0.3 is 0 Å². The molecule has 1 aliphatic rings. The average molecular weight is 380 g/mol. The van der Waals surface area contributed by atoms with Gasteiger partial charge in [-0.15, -0.1) is 0 Å². The van der Waals surface area contributed by atoms with Crippen LogP contribution in [0.2, 0.25) is 0 Å². The van der Waals surface area contributed by atoms with Gasteiger partial charge in [0, 0.05) is 36.3 Å². The Morgan fingerprint density at radius 2 is 1.59 bits per heavy atom. The van der Waals surface area contributed by atoms with Crippen molar-refractivity contribution >= 4 is 23.1 Å². The molecule has 0 heterocycles. The lowest BCUT2D eigenvalue weighted by molar-refractivity contribution is -0.124. The molecule has 27 heavy (non-hydrogen) atoms. The van der Waals surface area contributed by atoms with E-state index >= 15 is 0 Å². The lowest BCUT2D eigenvalue weighted by Gasteiger charge is -2.21. The zero-order valence-electron chi connectivity index (χ0n) is 15.1. The first kappa shape index (κ1) is 20.7. The molecule has 0 bridgehead atoms. The summed E-state index contributed by atoms with van der Waals surface area (Å²) in [6.07, 6.45) is 0.752. The van der Waals surface area contributed by atoms with Gasteiger partial charge in [0.1, 0.15) is 11.6 Å². The van der Waals surface area contributed by atoms with Crippen LogP contribution in [0.25, 0.3) is 0 Å². The SMILES string of the molecule is C=C(C(=O)c1c(F)c(F)c(F)c(C)c1C(C)=O)C1CCC(=O)CCCC1=O. The third-order valence-corrected chi connectivity index (χ3v) is 4.83. The van der Waals surface area contributed by atoms with Crippen LogP contribution in [0.4, 0.5) is 13.2 Å². The molecule has 144 valence electrons. The fourth-order valence-electron chi connectivity index (χ4n) is 3.34. The van der Waals surface area contributed by atoms with E-state index in [1.165, 1.54) is 0 Å². The highest BCUT2D eigenvalue weighted by Gasteiger charge is 2.34. The Bertz CT molecular complexity index is 871. The maximum atomic E-state index is 14.4. The van der Waals surface area contributed by atoms with Gasteiger partial charge in [-0.25, -0.2) is 13.2 Å². The summed E-state index contributed by atoms with van der Waals surface area (Å²) in [5.41, 5.74) is -2.32. The molecule has 2 rings (SSSR count). The zero-order valence-corrected chi connectivity index (χ0v) is 15.1. The monoisotopic (exact) mass is 380 g/mol. The summed E-state index contributed by atoms with van der Waals surface area (Å²) in [7, 11) is 0. The Balaban J connectivity index is 2.53. The quantitative estimate of drug-likeness (QED) is 0.449. The molecule has 1 unspecified atom stereocenters. The lowest BCUT2D eigenvalue weighted by atomic mass is 9.80. The summed E-state index contributed by atoms with van der Waals surface area (Å²) >= 11 is 0. The van der Waals surface area contributed by atoms with E-state index in [0.29, 0.717) is 6.42 Å². The standard InChI is InChI=1S/C20H19F3O4/c1-9(13-8-7-12(25)5-4-6-14(13)26)20(27)16-15(11(3)24)10(2)17(21)19(23)18(16)22/h13H,1,4-8H2,2-3H3. The average Bonchev–Trinajstić information content (AvgIpc) is 2.60. The number of carbonyl (C=O) groups excluding carboxylic acids is 4. The van der Waals surface area contributed by atoms with Crippen molar-refractivity contribution in [1.29, 1.82) is 0 Å². The molecule has 7 heteroatoms. The highest BCUT2D eigenvalue weighted by molar-refractivity contribution is 6.17. The number of rotatable bonds is 4. The molecule has 0 aromatic heterocycles. The molecule has 4 nitrogen and oxygen atoms in total. The molecular formula is C20H19F3O4. The Morgan fingerprint density at radius 3 is 2.19 bits per heavy atom. The number of halogens is 3. The summed E-state index contributed by atoms with van der Waals surface area (Å²) < 4.78 is 42.1. The van der Waals surface area contributed by atoms with Crippen molar-refractivity contribution in [2.45, 2.75) is 46.0 Å². The summed E-state index contributed by atoms with van der Waals surface area (Å²) in [5.74, 6) is -8.58. The van der Waals surface area contributed by atoms with Gasteiger partial charge in [0.15, 0.2) is 29.0 Å². The van der Waals surface area contributed by atoms with Gasteiger partial charge >= 0.3 is 0 Å². The molecule has 1 fully saturated rings.